The number of rotatable bonds is 1. The van der Waals surface area contributed by atoms with Crippen LogP contribution in [-0.2, 0) is 0 Å². The van der Waals surface area contributed by atoms with Crippen molar-refractivity contribution < 1.29 is 9.50 Å². The number of fused-ring (bicyclic) bond motifs is 1. The maximum Gasteiger partial charge on any atom is 0.161 e. The van der Waals surface area contributed by atoms with E-state index in [9.17, 15) is 9.50 Å². The molecule has 0 fully saturated rings. The molecular formula is C15H10ClFN2O. The van der Waals surface area contributed by atoms with Crippen LogP contribution in [0.25, 0.3) is 22.3 Å². The summed E-state index contributed by atoms with van der Waals surface area (Å²) < 4.78 is 13.1. The fourth-order valence-corrected chi connectivity index (χ4v) is 2.31. The molecule has 2 aromatic carbocycles. The number of phenols is 1. The molecule has 100 valence electrons. The fourth-order valence-electron chi connectivity index (χ4n) is 2.08. The Balaban J connectivity index is 2.24. The molecule has 3 aromatic rings. The predicted octanol–water partition coefficient (Wildman–Crippen LogP) is 4.10. The number of halogens is 2. The minimum atomic E-state index is -0.303. The Labute approximate surface area is 119 Å². The molecule has 0 saturated heterocycles. The standard InChI is InChI=1S/C15H10ClFN2O/c1-8-6-9(17)2-4-11(8)15-18-13-5-3-10(20)7-12(13)14(16)19-15/h2-7,20H,1H3. The molecule has 3 rings (SSSR count). The van der Waals surface area contributed by atoms with E-state index in [0.717, 1.165) is 11.1 Å². The van der Waals surface area contributed by atoms with Crippen molar-refractivity contribution in [2.75, 3.05) is 0 Å². The summed E-state index contributed by atoms with van der Waals surface area (Å²) in [5.41, 5.74) is 2.09. The minimum absolute atomic E-state index is 0.105. The lowest BCUT2D eigenvalue weighted by molar-refractivity contribution is 0.476. The average Bonchev–Trinajstić information content (AvgIpc) is 2.39. The lowest BCUT2D eigenvalue weighted by Crippen LogP contribution is -1.94. The van der Waals surface area contributed by atoms with Crippen molar-refractivity contribution in [2.45, 2.75) is 6.92 Å². The van der Waals surface area contributed by atoms with Crippen molar-refractivity contribution in [1.82, 2.24) is 9.97 Å². The predicted molar refractivity (Wildman–Crippen MR) is 76.3 cm³/mol. The zero-order valence-electron chi connectivity index (χ0n) is 10.6. The van der Waals surface area contributed by atoms with E-state index in [0.29, 0.717) is 16.7 Å². The smallest absolute Gasteiger partial charge is 0.161 e. The molecule has 20 heavy (non-hydrogen) atoms. The van der Waals surface area contributed by atoms with Gasteiger partial charge in [0.25, 0.3) is 0 Å². The van der Waals surface area contributed by atoms with Crippen molar-refractivity contribution in [2.24, 2.45) is 0 Å². The van der Waals surface area contributed by atoms with Crippen molar-refractivity contribution in [3.05, 3.63) is 52.9 Å². The Morgan fingerprint density at radius 1 is 1.10 bits per heavy atom. The van der Waals surface area contributed by atoms with Crippen LogP contribution in [0, 0.1) is 12.7 Å². The van der Waals surface area contributed by atoms with Gasteiger partial charge in [-0.15, -0.1) is 0 Å². The van der Waals surface area contributed by atoms with Crippen LogP contribution < -0.4 is 0 Å². The minimum Gasteiger partial charge on any atom is -0.508 e. The molecule has 0 radical (unpaired) electrons. The molecule has 0 unspecified atom stereocenters. The van der Waals surface area contributed by atoms with Crippen LogP contribution in [0.1, 0.15) is 5.56 Å². The van der Waals surface area contributed by atoms with Gasteiger partial charge in [0.1, 0.15) is 16.7 Å². The van der Waals surface area contributed by atoms with Crippen LogP contribution in [-0.4, -0.2) is 15.1 Å². The van der Waals surface area contributed by atoms with Gasteiger partial charge in [0, 0.05) is 10.9 Å². The number of benzene rings is 2. The zero-order valence-corrected chi connectivity index (χ0v) is 11.3. The summed E-state index contributed by atoms with van der Waals surface area (Å²) >= 11 is 6.13. The summed E-state index contributed by atoms with van der Waals surface area (Å²) in [6, 6.07) is 9.13. The number of aromatic nitrogens is 2. The van der Waals surface area contributed by atoms with E-state index in [2.05, 4.69) is 9.97 Å². The van der Waals surface area contributed by atoms with Gasteiger partial charge in [-0.2, -0.15) is 0 Å². The van der Waals surface area contributed by atoms with Crippen molar-refractivity contribution in [3.63, 3.8) is 0 Å². The largest absolute Gasteiger partial charge is 0.508 e. The molecule has 0 saturated carbocycles. The second-order valence-corrected chi connectivity index (χ2v) is 4.86. The van der Waals surface area contributed by atoms with Crippen molar-refractivity contribution >= 4 is 22.5 Å². The molecular weight excluding hydrogens is 279 g/mol. The second kappa shape index (κ2) is 4.72. The third-order valence-corrected chi connectivity index (χ3v) is 3.35. The van der Waals surface area contributed by atoms with Crippen LogP contribution in [0.3, 0.4) is 0 Å². The number of aryl methyl sites for hydroxylation is 1. The SMILES string of the molecule is Cc1cc(F)ccc1-c1nc(Cl)c2cc(O)ccc2n1. The molecule has 0 spiro atoms. The summed E-state index contributed by atoms with van der Waals surface area (Å²) in [4.78, 5) is 8.63. The molecule has 5 heteroatoms. The fraction of sp³-hybridized carbons (Fsp3) is 0.0667. The van der Waals surface area contributed by atoms with E-state index >= 15 is 0 Å². The Morgan fingerprint density at radius 3 is 2.65 bits per heavy atom. The molecule has 0 bridgehead atoms. The molecule has 1 heterocycles. The first-order chi connectivity index (χ1) is 9.54. The summed E-state index contributed by atoms with van der Waals surface area (Å²) in [7, 11) is 0. The van der Waals surface area contributed by atoms with Crippen LogP contribution in [0.2, 0.25) is 5.15 Å². The van der Waals surface area contributed by atoms with E-state index in [1.807, 2.05) is 0 Å². The van der Waals surface area contributed by atoms with Gasteiger partial charge in [-0.25, -0.2) is 14.4 Å². The number of hydrogen-bond donors (Lipinski definition) is 1. The van der Waals surface area contributed by atoms with Crippen LogP contribution in [0.4, 0.5) is 4.39 Å². The summed E-state index contributed by atoms with van der Waals surface area (Å²) in [5, 5.41) is 10.3. The molecule has 0 aliphatic rings. The third kappa shape index (κ3) is 2.18. The summed E-state index contributed by atoms with van der Waals surface area (Å²) in [5.74, 6) is 0.238. The quantitative estimate of drug-likeness (QED) is 0.686. The van der Waals surface area contributed by atoms with E-state index in [1.165, 1.54) is 24.3 Å². The molecule has 0 aliphatic heterocycles. The van der Waals surface area contributed by atoms with Gasteiger partial charge >= 0.3 is 0 Å². The highest BCUT2D eigenvalue weighted by Crippen LogP contribution is 2.28. The molecule has 0 atom stereocenters. The van der Waals surface area contributed by atoms with Gasteiger partial charge in [-0.05, 0) is 48.9 Å². The Morgan fingerprint density at radius 2 is 1.90 bits per heavy atom. The monoisotopic (exact) mass is 288 g/mol. The van der Waals surface area contributed by atoms with Crippen LogP contribution in [0.15, 0.2) is 36.4 Å². The first-order valence-electron chi connectivity index (χ1n) is 5.97. The first-order valence-corrected chi connectivity index (χ1v) is 6.35. The topological polar surface area (TPSA) is 46.0 Å². The van der Waals surface area contributed by atoms with E-state index in [-0.39, 0.29) is 16.7 Å². The highest BCUT2D eigenvalue weighted by atomic mass is 35.5. The Hall–Kier alpha value is -2.20. The first kappa shape index (κ1) is 12.8. The molecule has 0 amide bonds. The average molecular weight is 289 g/mol. The van der Waals surface area contributed by atoms with Crippen LogP contribution in [0.5, 0.6) is 5.75 Å². The zero-order chi connectivity index (χ0) is 14.3. The highest BCUT2D eigenvalue weighted by Gasteiger charge is 2.11. The van der Waals surface area contributed by atoms with Gasteiger partial charge in [0.2, 0.25) is 0 Å². The molecule has 1 N–H and O–H groups in total. The number of phenolic OH excluding ortho intramolecular Hbond substituents is 1. The maximum atomic E-state index is 13.1. The second-order valence-electron chi connectivity index (χ2n) is 4.50. The highest BCUT2D eigenvalue weighted by molar-refractivity contribution is 6.34. The number of hydrogen-bond acceptors (Lipinski definition) is 3. The summed E-state index contributed by atoms with van der Waals surface area (Å²) in [6.45, 7) is 1.79. The molecule has 3 nitrogen and oxygen atoms in total. The summed E-state index contributed by atoms with van der Waals surface area (Å²) in [6.07, 6.45) is 0. The maximum absolute atomic E-state index is 13.1. The lowest BCUT2D eigenvalue weighted by atomic mass is 10.1. The van der Waals surface area contributed by atoms with Crippen LogP contribution >= 0.6 is 11.6 Å². The normalized spacial score (nSPS) is 10.9. The molecule has 1 aromatic heterocycles. The lowest BCUT2D eigenvalue weighted by Gasteiger charge is -2.07. The van der Waals surface area contributed by atoms with Crippen molar-refractivity contribution in [3.8, 4) is 17.1 Å². The van der Waals surface area contributed by atoms with E-state index in [4.69, 9.17) is 11.6 Å². The number of nitrogens with zero attached hydrogens (tertiary/aromatic N) is 2. The third-order valence-electron chi connectivity index (χ3n) is 3.06. The van der Waals surface area contributed by atoms with Gasteiger partial charge in [-0.3, -0.25) is 0 Å². The van der Waals surface area contributed by atoms with E-state index in [1.54, 1.807) is 19.1 Å². The Kier molecular flexibility index (Phi) is 3.03. The Bertz CT molecular complexity index is 820. The van der Waals surface area contributed by atoms with Crippen molar-refractivity contribution in [1.29, 1.82) is 0 Å². The van der Waals surface area contributed by atoms with Gasteiger partial charge in [0.15, 0.2) is 5.82 Å². The number of aromatic hydroxyl groups is 1. The van der Waals surface area contributed by atoms with E-state index < -0.39 is 0 Å². The molecule has 0 aliphatic carbocycles. The van der Waals surface area contributed by atoms with Gasteiger partial charge in [-0.1, -0.05) is 11.6 Å². The van der Waals surface area contributed by atoms with Gasteiger partial charge < -0.3 is 5.11 Å². The van der Waals surface area contributed by atoms with Gasteiger partial charge in [0.05, 0.1) is 5.52 Å².